The van der Waals surface area contributed by atoms with Crippen LogP contribution in [0.1, 0.15) is 10.4 Å². The van der Waals surface area contributed by atoms with E-state index in [4.69, 9.17) is 0 Å². The van der Waals surface area contributed by atoms with E-state index in [2.05, 4.69) is 10.3 Å². The summed E-state index contributed by atoms with van der Waals surface area (Å²) in [5.74, 6) is -1.48. The van der Waals surface area contributed by atoms with E-state index in [1.807, 2.05) is 0 Å². The van der Waals surface area contributed by atoms with Crippen molar-refractivity contribution in [1.29, 1.82) is 0 Å². The first-order chi connectivity index (χ1) is 9.85. The maximum atomic E-state index is 13.3. The largest absolute Gasteiger partial charge is 0.446 e. The maximum Gasteiger partial charge on any atom is 0.446 e. The molecule has 0 atom stereocenters. The molecular formula is C13H8F4N2OS. The summed E-state index contributed by atoms with van der Waals surface area (Å²) in [4.78, 5) is 15.3. The zero-order valence-electron chi connectivity index (χ0n) is 10.3. The Morgan fingerprint density at radius 3 is 2.38 bits per heavy atom. The normalized spacial score (nSPS) is 11.2. The zero-order chi connectivity index (χ0) is 15.5. The molecule has 0 fully saturated rings. The summed E-state index contributed by atoms with van der Waals surface area (Å²) in [6.45, 7) is 0. The van der Waals surface area contributed by atoms with Crippen LogP contribution in [0.15, 0.2) is 47.6 Å². The topological polar surface area (TPSA) is 42.0 Å². The number of carbonyl (C=O) groups is 1. The molecule has 0 saturated heterocycles. The number of alkyl halides is 3. The van der Waals surface area contributed by atoms with Crippen LogP contribution in [0.25, 0.3) is 0 Å². The molecule has 0 bridgehead atoms. The van der Waals surface area contributed by atoms with E-state index in [9.17, 15) is 22.4 Å². The van der Waals surface area contributed by atoms with Gasteiger partial charge >= 0.3 is 5.51 Å². The molecule has 1 heterocycles. The third kappa shape index (κ3) is 4.45. The highest BCUT2D eigenvalue weighted by atomic mass is 32.2. The third-order valence-corrected chi connectivity index (χ3v) is 3.10. The Hall–Kier alpha value is -2.09. The average molecular weight is 316 g/mol. The van der Waals surface area contributed by atoms with E-state index in [0.717, 1.165) is 6.20 Å². The number of anilines is 1. The monoisotopic (exact) mass is 316 g/mol. The number of nitrogens with zero attached hydrogens (tertiary/aromatic N) is 1. The van der Waals surface area contributed by atoms with Crippen LogP contribution in [0.4, 0.5) is 23.2 Å². The molecule has 0 aliphatic rings. The first-order valence-corrected chi connectivity index (χ1v) is 6.43. The summed E-state index contributed by atoms with van der Waals surface area (Å²) < 4.78 is 49.8. The number of amides is 1. The molecule has 1 N–H and O–H groups in total. The Morgan fingerprint density at radius 1 is 1.14 bits per heavy atom. The molecule has 110 valence electrons. The summed E-state index contributed by atoms with van der Waals surface area (Å²) in [5.41, 5.74) is -4.30. The molecule has 0 spiro atoms. The fourth-order valence-corrected chi connectivity index (χ4v) is 2.04. The smallest absolute Gasteiger partial charge is 0.322 e. The molecule has 0 radical (unpaired) electrons. The van der Waals surface area contributed by atoms with E-state index in [-0.39, 0.29) is 27.9 Å². The summed E-state index contributed by atoms with van der Waals surface area (Å²) >= 11 is -0.254. The number of thioether (sulfide) groups is 1. The molecular weight excluding hydrogens is 308 g/mol. The Labute approximate surface area is 121 Å². The van der Waals surface area contributed by atoms with E-state index < -0.39 is 17.2 Å². The van der Waals surface area contributed by atoms with Crippen LogP contribution in [0, 0.1) is 5.82 Å². The van der Waals surface area contributed by atoms with E-state index in [1.165, 1.54) is 36.5 Å². The van der Waals surface area contributed by atoms with Gasteiger partial charge in [-0.15, -0.1) is 0 Å². The minimum Gasteiger partial charge on any atom is -0.322 e. The van der Waals surface area contributed by atoms with Crippen molar-refractivity contribution in [3.63, 3.8) is 0 Å². The molecule has 21 heavy (non-hydrogen) atoms. The number of benzene rings is 1. The second-order valence-electron chi connectivity index (χ2n) is 3.88. The number of rotatable bonds is 3. The number of carbonyl (C=O) groups excluding carboxylic acids is 1. The van der Waals surface area contributed by atoms with Crippen LogP contribution in [0.3, 0.4) is 0 Å². The molecule has 1 amide bonds. The van der Waals surface area contributed by atoms with Crippen molar-refractivity contribution in [2.45, 2.75) is 10.4 Å². The summed E-state index contributed by atoms with van der Waals surface area (Å²) in [6, 6.07) is 6.27. The molecule has 0 unspecified atom stereocenters. The second kappa shape index (κ2) is 6.13. The summed E-state index contributed by atoms with van der Waals surface area (Å²) in [7, 11) is 0. The SMILES string of the molecule is O=C(Nc1ccc(SC(F)(F)F)cc1)c1ccncc1F. The lowest BCUT2D eigenvalue weighted by Gasteiger charge is -2.08. The lowest BCUT2D eigenvalue weighted by Crippen LogP contribution is -2.13. The van der Waals surface area contributed by atoms with Crippen molar-refractivity contribution in [3.8, 4) is 0 Å². The van der Waals surface area contributed by atoms with Crippen molar-refractivity contribution in [2.24, 2.45) is 0 Å². The number of aromatic nitrogens is 1. The van der Waals surface area contributed by atoms with Crippen LogP contribution in [-0.2, 0) is 0 Å². The summed E-state index contributed by atoms with van der Waals surface area (Å²) in [6.07, 6.45) is 2.17. The van der Waals surface area contributed by atoms with Crippen molar-refractivity contribution >= 4 is 23.4 Å². The first-order valence-electron chi connectivity index (χ1n) is 5.62. The molecule has 0 saturated carbocycles. The lowest BCUT2D eigenvalue weighted by molar-refractivity contribution is -0.0328. The predicted octanol–water partition coefficient (Wildman–Crippen LogP) is 4.08. The Morgan fingerprint density at radius 2 is 1.81 bits per heavy atom. The average Bonchev–Trinajstić information content (AvgIpc) is 2.40. The van der Waals surface area contributed by atoms with E-state index >= 15 is 0 Å². The van der Waals surface area contributed by atoms with E-state index in [1.54, 1.807) is 0 Å². The standard InChI is InChI=1S/C13H8F4N2OS/c14-11-7-18-6-5-10(11)12(20)19-8-1-3-9(4-2-8)21-13(15,16)17/h1-7H,(H,19,20). The third-order valence-electron chi connectivity index (χ3n) is 2.36. The lowest BCUT2D eigenvalue weighted by atomic mass is 10.2. The highest BCUT2D eigenvalue weighted by Crippen LogP contribution is 2.37. The fourth-order valence-electron chi connectivity index (χ4n) is 1.50. The van der Waals surface area contributed by atoms with Gasteiger partial charge in [0.1, 0.15) is 0 Å². The highest BCUT2D eigenvalue weighted by Gasteiger charge is 2.29. The Kier molecular flexibility index (Phi) is 4.46. The van der Waals surface area contributed by atoms with Gasteiger partial charge in [-0.1, -0.05) is 0 Å². The van der Waals surface area contributed by atoms with Crippen molar-refractivity contribution < 1.29 is 22.4 Å². The minimum absolute atomic E-state index is 0.00408. The maximum absolute atomic E-state index is 13.3. The molecule has 1 aromatic carbocycles. The fraction of sp³-hybridized carbons (Fsp3) is 0.0769. The zero-order valence-corrected chi connectivity index (χ0v) is 11.1. The van der Waals surface area contributed by atoms with Gasteiger partial charge in [0.2, 0.25) is 0 Å². The van der Waals surface area contributed by atoms with Crippen molar-refractivity contribution in [2.75, 3.05) is 5.32 Å². The van der Waals surface area contributed by atoms with Gasteiger partial charge in [-0.05, 0) is 42.1 Å². The van der Waals surface area contributed by atoms with Crippen LogP contribution in [0.5, 0.6) is 0 Å². The van der Waals surface area contributed by atoms with Crippen LogP contribution in [0.2, 0.25) is 0 Å². The number of hydrogen-bond donors (Lipinski definition) is 1. The van der Waals surface area contributed by atoms with E-state index in [0.29, 0.717) is 0 Å². The second-order valence-corrected chi connectivity index (χ2v) is 5.02. The molecule has 2 rings (SSSR count). The summed E-state index contributed by atoms with van der Waals surface area (Å²) in [5, 5.41) is 2.39. The van der Waals surface area contributed by atoms with Gasteiger partial charge in [0.05, 0.1) is 11.8 Å². The van der Waals surface area contributed by atoms with Crippen LogP contribution >= 0.6 is 11.8 Å². The number of halogens is 4. The molecule has 0 aliphatic heterocycles. The van der Waals surface area contributed by atoms with Crippen LogP contribution < -0.4 is 5.32 Å². The minimum atomic E-state index is -4.37. The van der Waals surface area contributed by atoms with Crippen molar-refractivity contribution in [1.82, 2.24) is 4.98 Å². The van der Waals surface area contributed by atoms with Gasteiger partial charge in [-0.3, -0.25) is 9.78 Å². The van der Waals surface area contributed by atoms with Gasteiger partial charge in [0, 0.05) is 16.8 Å². The van der Waals surface area contributed by atoms with Gasteiger partial charge in [0.25, 0.3) is 5.91 Å². The highest BCUT2D eigenvalue weighted by molar-refractivity contribution is 8.00. The predicted molar refractivity (Wildman–Crippen MR) is 70.5 cm³/mol. The van der Waals surface area contributed by atoms with Gasteiger partial charge < -0.3 is 5.32 Å². The molecule has 1 aromatic heterocycles. The number of hydrogen-bond acceptors (Lipinski definition) is 3. The van der Waals surface area contributed by atoms with Gasteiger partial charge in [-0.25, -0.2) is 4.39 Å². The first kappa shape index (κ1) is 15.3. The molecule has 0 aliphatic carbocycles. The molecule has 8 heteroatoms. The van der Waals surface area contributed by atoms with Gasteiger partial charge in [0.15, 0.2) is 5.82 Å². The number of pyridine rings is 1. The Bertz CT molecular complexity index is 643. The van der Waals surface area contributed by atoms with Gasteiger partial charge in [-0.2, -0.15) is 13.2 Å². The quantitative estimate of drug-likeness (QED) is 0.685. The Balaban J connectivity index is 2.07. The molecule has 3 nitrogen and oxygen atoms in total. The number of nitrogens with one attached hydrogen (secondary N) is 1. The van der Waals surface area contributed by atoms with Crippen molar-refractivity contribution in [3.05, 3.63) is 54.1 Å². The molecule has 2 aromatic rings. The van der Waals surface area contributed by atoms with Crippen LogP contribution in [-0.4, -0.2) is 16.4 Å².